The minimum absolute atomic E-state index is 0.132. The van der Waals surface area contributed by atoms with Gasteiger partial charge in [0, 0.05) is 12.6 Å². The van der Waals surface area contributed by atoms with Crippen molar-refractivity contribution in [2.45, 2.75) is 31.7 Å². The van der Waals surface area contributed by atoms with Crippen LogP contribution in [0.1, 0.15) is 25.7 Å². The number of aliphatic hydroxyl groups excluding tert-OH is 1. The molecule has 2 N–H and O–H groups in total. The molecule has 0 aromatic carbocycles. The molecule has 0 atom stereocenters. The van der Waals surface area contributed by atoms with Crippen LogP contribution >= 0.6 is 0 Å². The van der Waals surface area contributed by atoms with Crippen molar-refractivity contribution in [3.8, 4) is 0 Å². The Hall–Kier alpha value is -0.160. The van der Waals surface area contributed by atoms with Gasteiger partial charge in [0.2, 0.25) is 0 Å². The van der Waals surface area contributed by atoms with Gasteiger partial charge in [0.15, 0.2) is 0 Å². The highest BCUT2D eigenvalue weighted by molar-refractivity contribution is 4.81. The lowest BCUT2D eigenvalue weighted by Crippen LogP contribution is -2.44. The van der Waals surface area contributed by atoms with Crippen LogP contribution < -0.4 is 5.32 Å². The van der Waals surface area contributed by atoms with Crippen molar-refractivity contribution in [1.82, 2.24) is 10.2 Å². The molecule has 0 aromatic heterocycles. The van der Waals surface area contributed by atoms with Gasteiger partial charge in [0.1, 0.15) is 0 Å². The van der Waals surface area contributed by atoms with Crippen LogP contribution in [0, 0.1) is 5.92 Å². The third kappa shape index (κ3) is 5.34. The fraction of sp³-hybridized carbons (Fsp3) is 1.00. The Bertz CT molecular complexity index is 202. The molecule has 2 fully saturated rings. The number of likely N-dealkylation sites (tertiary alicyclic amines) is 1. The average molecular weight is 242 g/mol. The van der Waals surface area contributed by atoms with Crippen molar-refractivity contribution in [3.05, 3.63) is 0 Å². The lowest BCUT2D eigenvalue weighted by Gasteiger charge is -2.32. The van der Waals surface area contributed by atoms with Gasteiger partial charge in [-0.1, -0.05) is 0 Å². The molecule has 1 aliphatic heterocycles. The maximum Gasteiger partial charge on any atom is 0.0698 e. The molecular weight excluding hydrogens is 216 g/mol. The largest absolute Gasteiger partial charge is 0.394 e. The summed E-state index contributed by atoms with van der Waals surface area (Å²) in [5, 5.41) is 12.3. The van der Waals surface area contributed by atoms with Gasteiger partial charge < -0.3 is 20.1 Å². The second-order valence-corrected chi connectivity index (χ2v) is 5.30. The molecule has 1 saturated carbocycles. The highest BCUT2D eigenvalue weighted by Crippen LogP contribution is 2.28. The van der Waals surface area contributed by atoms with E-state index in [-0.39, 0.29) is 6.61 Å². The molecule has 17 heavy (non-hydrogen) atoms. The molecule has 1 saturated heterocycles. The Labute approximate surface area is 104 Å². The number of nitrogens with zero attached hydrogens (tertiary/aromatic N) is 1. The van der Waals surface area contributed by atoms with Crippen LogP contribution in [0.5, 0.6) is 0 Å². The number of ether oxygens (including phenoxy) is 1. The lowest BCUT2D eigenvalue weighted by molar-refractivity contribution is 0.0668. The summed E-state index contributed by atoms with van der Waals surface area (Å²) in [6.45, 7) is 5.97. The summed E-state index contributed by atoms with van der Waals surface area (Å²) in [7, 11) is 0. The first-order chi connectivity index (χ1) is 8.38. The Morgan fingerprint density at radius 2 is 1.88 bits per heavy atom. The third-order valence-electron chi connectivity index (χ3n) is 3.77. The van der Waals surface area contributed by atoms with Crippen LogP contribution in [-0.4, -0.2) is 62.0 Å². The fourth-order valence-corrected chi connectivity index (χ4v) is 2.38. The zero-order chi connectivity index (χ0) is 11.9. The molecule has 0 radical (unpaired) electrons. The first-order valence-electron chi connectivity index (χ1n) is 7.03. The molecule has 0 aromatic rings. The van der Waals surface area contributed by atoms with Crippen molar-refractivity contribution >= 4 is 0 Å². The summed E-state index contributed by atoms with van der Waals surface area (Å²) in [6, 6.07) is 0.741. The van der Waals surface area contributed by atoms with E-state index in [1.54, 1.807) is 0 Å². The number of aliphatic hydroxyl groups is 1. The SMILES string of the molecule is OCCOCCN1CCC(NCC2CC2)CC1. The molecule has 1 aliphatic carbocycles. The molecule has 4 heteroatoms. The predicted octanol–water partition coefficient (Wildman–Crippen LogP) is 0.459. The molecule has 1 heterocycles. The van der Waals surface area contributed by atoms with Gasteiger partial charge in [-0.25, -0.2) is 0 Å². The molecule has 2 rings (SSSR count). The molecular formula is C13H26N2O2. The Morgan fingerprint density at radius 3 is 2.53 bits per heavy atom. The normalized spacial score (nSPS) is 23.1. The van der Waals surface area contributed by atoms with Gasteiger partial charge in [-0.05, 0) is 51.2 Å². The van der Waals surface area contributed by atoms with E-state index in [9.17, 15) is 0 Å². The summed E-state index contributed by atoms with van der Waals surface area (Å²) in [4.78, 5) is 2.46. The van der Waals surface area contributed by atoms with Crippen LogP contribution in [0.15, 0.2) is 0 Å². The van der Waals surface area contributed by atoms with Crippen LogP contribution in [-0.2, 0) is 4.74 Å². The third-order valence-corrected chi connectivity index (χ3v) is 3.77. The van der Waals surface area contributed by atoms with Crippen molar-refractivity contribution in [2.75, 3.05) is 46.0 Å². The van der Waals surface area contributed by atoms with Gasteiger partial charge in [-0.15, -0.1) is 0 Å². The number of piperidine rings is 1. The van der Waals surface area contributed by atoms with Crippen molar-refractivity contribution in [2.24, 2.45) is 5.92 Å². The maximum absolute atomic E-state index is 8.60. The zero-order valence-electron chi connectivity index (χ0n) is 10.7. The molecule has 0 unspecified atom stereocenters. The summed E-state index contributed by atoms with van der Waals surface area (Å²) in [5.74, 6) is 0.986. The quantitative estimate of drug-likeness (QED) is 0.607. The van der Waals surface area contributed by atoms with Gasteiger partial charge in [-0.3, -0.25) is 0 Å². The average Bonchev–Trinajstić information content (AvgIpc) is 3.18. The summed E-state index contributed by atoms with van der Waals surface area (Å²) in [6.07, 6.45) is 5.42. The van der Waals surface area contributed by atoms with Crippen molar-refractivity contribution < 1.29 is 9.84 Å². The maximum atomic E-state index is 8.60. The molecule has 0 bridgehead atoms. The van der Waals surface area contributed by atoms with E-state index >= 15 is 0 Å². The van der Waals surface area contributed by atoms with Crippen LogP contribution in [0.2, 0.25) is 0 Å². The van der Waals surface area contributed by atoms with E-state index in [1.807, 2.05) is 0 Å². The van der Waals surface area contributed by atoms with Gasteiger partial charge in [0.25, 0.3) is 0 Å². The Morgan fingerprint density at radius 1 is 1.12 bits per heavy atom. The number of hydrogen-bond donors (Lipinski definition) is 2. The summed E-state index contributed by atoms with van der Waals surface area (Å²) in [5.41, 5.74) is 0. The minimum atomic E-state index is 0.132. The fourth-order valence-electron chi connectivity index (χ4n) is 2.38. The second-order valence-electron chi connectivity index (χ2n) is 5.30. The smallest absolute Gasteiger partial charge is 0.0698 e. The van der Waals surface area contributed by atoms with E-state index in [2.05, 4.69) is 10.2 Å². The molecule has 0 spiro atoms. The van der Waals surface area contributed by atoms with Crippen LogP contribution in [0.3, 0.4) is 0 Å². The van der Waals surface area contributed by atoms with Gasteiger partial charge >= 0.3 is 0 Å². The monoisotopic (exact) mass is 242 g/mol. The standard InChI is InChI=1S/C13H26N2O2/c16-8-10-17-9-7-15-5-3-13(4-6-15)14-11-12-1-2-12/h12-14,16H,1-11H2. The van der Waals surface area contributed by atoms with Crippen LogP contribution in [0.4, 0.5) is 0 Å². The van der Waals surface area contributed by atoms with Gasteiger partial charge in [-0.2, -0.15) is 0 Å². The second kappa shape index (κ2) is 7.31. The molecule has 100 valence electrons. The predicted molar refractivity (Wildman–Crippen MR) is 68.1 cm³/mol. The number of nitrogens with one attached hydrogen (secondary N) is 1. The van der Waals surface area contributed by atoms with E-state index in [0.29, 0.717) is 6.61 Å². The minimum Gasteiger partial charge on any atom is -0.394 e. The van der Waals surface area contributed by atoms with Crippen molar-refractivity contribution in [3.63, 3.8) is 0 Å². The molecule has 2 aliphatic rings. The number of rotatable bonds is 8. The van der Waals surface area contributed by atoms with E-state index < -0.39 is 0 Å². The van der Waals surface area contributed by atoms with Gasteiger partial charge in [0.05, 0.1) is 19.8 Å². The van der Waals surface area contributed by atoms with E-state index in [0.717, 1.165) is 25.1 Å². The highest BCUT2D eigenvalue weighted by Gasteiger charge is 2.24. The Balaban J connectivity index is 1.48. The van der Waals surface area contributed by atoms with E-state index in [1.165, 1.54) is 45.3 Å². The topological polar surface area (TPSA) is 44.7 Å². The van der Waals surface area contributed by atoms with Crippen molar-refractivity contribution in [1.29, 1.82) is 0 Å². The first kappa shape index (κ1) is 13.3. The molecule has 4 nitrogen and oxygen atoms in total. The summed E-state index contributed by atoms with van der Waals surface area (Å²) >= 11 is 0. The van der Waals surface area contributed by atoms with E-state index in [4.69, 9.17) is 9.84 Å². The number of hydrogen-bond acceptors (Lipinski definition) is 4. The van der Waals surface area contributed by atoms with Crippen LogP contribution in [0.25, 0.3) is 0 Å². The summed E-state index contributed by atoms with van der Waals surface area (Å²) < 4.78 is 5.29. The lowest BCUT2D eigenvalue weighted by atomic mass is 10.1. The highest BCUT2D eigenvalue weighted by atomic mass is 16.5. The molecule has 0 amide bonds. The first-order valence-corrected chi connectivity index (χ1v) is 7.03. The Kier molecular flexibility index (Phi) is 5.71. The zero-order valence-corrected chi connectivity index (χ0v) is 10.7.